The van der Waals surface area contributed by atoms with Crippen LogP contribution in [0, 0.1) is 5.92 Å². The highest BCUT2D eigenvalue weighted by molar-refractivity contribution is 5.98. The summed E-state index contributed by atoms with van der Waals surface area (Å²) in [5.74, 6) is -1.99. The van der Waals surface area contributed by atoms with Crippen molar-refractivity contribution < 1.29 is 38.2 Å². The summed E-state index contributed by atoms with van der Waals surface area (Å²) in [6, 6.07) is 7.43. The van der Waals surface area contributed by atoms with Gasteiger partial charge in [0.05, 0.1) is 6.54 Å². The molecule has 2 heterocycles. The van der Waals surface area contributed by atoms with E-state index in [1.54, 1.807) is 20.8 Å². The minimum Gasteiger partial charge on any atom is -0.444 e. The Balaban J connectivity index is 1.50. The van der Waals surface area contributed by atoms with Crippen LogP contribution in [0.4, 0.5) is 9.59 Å². The lowest BCUT2D eigenvalue weighted by molar-refractivity contribution is -0.141. The Labute approximate surface area is 294 Å². The van der Waals surface area contributed by atoms with Crippen molar-refractivity contribution in [2.24, 2.45) is 5.92 Å². The minimum absolute atomic E-state index is 0.0100. The van der Waals surface area contributed by atoms with Crippen molar-refractivity contribution in [3.05, 3.63) is 48.0 Å². The van der Waals surface area contributed by atoms with Gasteiger partial charge in [-0.25, -0.2) is 9.59 Å². The standard InChI is InChI=1S/C36H52N6O8/c1-35(2,3)50-33(47)39-27-17-13-8-6-7-12-16-25-21-36(25,32(46)37-19-18-29(43)38-22-24-14-10-9-11-15-24)40-30(44)28-20-26(23-42(28)31(27)45)49-34(48)41(4)5/h9-12,14-16,25-28H,6-8,13,17-23H2,1-5H3,(H,37,46)(H,38,43)(H,39,47)(H,40,44)/b16-12-/t25-,26+,27-,28-,36+/m0/s1. The van der Waals surface area contributed by atoms with Crippen molar-refractivity contribution in [2.75, 3.05) is 27.2 Å². The summed E-state index contributed by atoms with van der Waals surface area (Å²) in [5.41, 5.74) is -1.10. The van der Waals surface area contributed by atoms with E-state index in [9.17, 15) is 28.8 Å². The molecule has 5 atom stereocenters. The maximum absolute atomic E-state index is 14.1. The van der Waals surface area contributed by atoms with E-state index in [0.29, 0.717) is 25.8 Å². The number of hydrogen-bond acceptors (Lipinski definition) is 8. The van der Waals surface area contributed by atoms with Gasteiger partial charge in [0.15, 0.2) is 0 Å². The summed E-state index contributed by atoms with van der Waals surface area (Å²) in [6.07, 6.45) is 5.52. The molecule has 4 rings (SSSR count). The number of carbonyl (C=O) groups is 6. The fourth-order valence-electron chi connectivity index (χ4n) is 6.20. The Hall–Kier alpha value is -4.62. The first-order chi connectivity index (χ1) is 23.7. The highest BCUT2D eigenvalue weighted by atomic mass is 16.6. The predicted octanol–water partition coefficient (Wildman–Crippen LogP) is 2.77. The topological polar surface area (TPSA) is 175 Å². The lowest BCUT2D eigenvalue weighted by Gasteiger charge is -2.30. The maximum atomic E-state index is 14.1. The zero-order valence-electron chi connectivity index (χ0n) is 29.8. The third kappa shape index (κ3) is 10.7. The molecule has 0 bridgehead atoms. The number of nitrogens with one attached hydrogen (secondary N) is 4. The van der Waals surface area contributed by atoms with Gasteiger partial charge in [0, 0.05) is 45.9 Å². The highest BCUT2D eigenvalue weighted by Gasteiger charge is 2.61. The molecule has 4 N–H and O–H groups in total. The largest absolute Gasteiger partial charge is 0.444 e. The molecule has 14 heteroatoms. The van der Waals surface area contributed by atoms with E-state index in [0.717, 1.165) is 24.8 Å². The molecule has 50 heavy (non-hydrogen) atoms. The highest BCUT2D eigenvalue weighted by Crippen LogP contribution is 2.45. The lowest BCUT2D eigenvalue weighted by Crippen LogP contribution is -2.58. The van der Waals surface area contributed by atoms with E-state index in [1.165, 1.54) is 23.9 Å². The Morgan fingerprint density at radius 3 is 2.48 bits per heavy atom. The van der Waals surface area contributed by atoms with Gasteiger partial charge in [-0.2, -0.15) is 0 Å². The Morgan fingerprint density at radius 1 is 1.04 bits per heavy atom. The van der Waals surface area contributed by atoms with Crippen molar-refractivity contribution in [3.8, 4) is 0 Å². The van der Waals surface area contributed by atoms with Crippen LogP contribution < -0.4 is 21.3 Å². The van der Waals surface area contributed by atoms with Crippen molar-refractivity contribution in [3.63, 3.8) is 0 Å². The fourth-order valence-corrected chi connectivity index (χ4v) is 6.20. The molecule has 0 spiro atoms. The summed E-state index contributed by atoms with van der Waals surface area (Å²) in [5, 5.41) is 11.3. The number of benzene rings is 1. The predicted molar refractivity (Wildman–Crippen MR) is 184 cm³/mol. The fraction of sp³-hybridized carbons (Fsp3) is 0.611. The Bertz CT molecular complexity index is 1430. The lowest BCUT2D eigenvalue weighted by atomic mass is 10.0. The molecule has 1 saturated carbocycles. The molecule has 3 aliphatic rings. The normalized spacial score (nSPS) is 26.1. The minimum atomic E-state index is -1.27. The van der Waals surface area contributed by atoms with Gasteiger partial charge < -0.3 is 40.5 Å². The molecule has 1 aromatic carbocycles. The molecule has 1 saturated heterocycles. The quantitative estimate of drug-likeness (QED) is 0.300. The van der Waals surface area contributed by atoms with Gasteiger partial charge >= 0.3 is 12.2 Å². The second-order valence-corrected chi connectivity index (χ2v) is 14.4. The van der Waals surface area contributed by atoms with E-state index >= 15 is 0 Å². The van der Waals surface area contributed by atoms with Crippen molar-refractivity contribution in [1.82, 2.24) is 31.1 Å². The molecule has 1 aliphatic carbocycles. The van der Waals surface area contributed by atoms with Crippen LogP contribution in [0.2, 0.25) is 0 Å². The zero-order chi connectivity index (χ0) is 36.5. The Kier molecular flexibility index (Phi) is 12.9. The third-order valence-corrected chi connectivity index (χ3v) is 8.94. The molecule has 0 radical (unpaired) electrons. The SMILES string of the molecule is CN(C)C(=O)O[C@@H]1C[C@H]2C(=O)N[C@]3(C(=O)NCCC(=O)NCc4ccccc4)C[C@@H]3/C=C\CCCCC[C@H](NC(=O)OC(C)(C)C)C(=O)N2C1. The maximum Gasteiger partial charge on any atom is 0.409 e. The van der Waals surface area contributed by atoms with E-state index in [1.807, 2.05) is 42.5 Å². The van der Waals surface area contributed by atoms with Gasteiger partial charge in [-0.15, -0.1) is 0 Å². The molecule has 0 unspecified atom stereocenters. The average Bonchev–Trinajstić information content (AvgIpc) is 3.58. The van der Waals surface area contributed by atoms with Crippen molar-refractivity contribution >= 4 is 35.8 Å². The second-order valence-electron chi connectivity index (χ2n) is 14.4. The number of amides is 6. The van der Waals surface area contributed by atoms with Crippen LogP contribution in [-0.4, -0.2) is 102 Å². The number of allylic oxidation sites excluding steroid dienone is 1. The number of hydrogen-bond donors (Lipinski definition) is 4. The zero-order valence-corrected chi connectivity index (χ0v) is 29.8. The van der Waals surface area contributed by atoms with Crippen LogP contribution in [0.1, 0.15) is 77.7 Å². The van der Waals surface area contributed by atoms with Crippen LogP contribution in [0.5, 0.6) is 0 Å². The van der Waals surface area contributed by atoms with E-state index in [2.05, 4.69) is 21.3 Å². The van der Waals surface area contributed by atoms with Crippen molar-refractivity contribution in [2.45, 2.75) is 108 Å². The number of fused-ring (bicyclic) bond motifs is 2. The summed E-state index contributed by atoms with van der Waals surface area (Å²) < 4.78 is 11.0. The van der Waals surface area contributed by atoms with Crippen molar-refractivity contribution in [1.29, 1.82) is 0 Å². The molecular weight excluding hydrogens is 644 g/mol. The number of ether oxygens (including phenoxy) is 2. The first kappa shape index (κ1) is 38.2. The van der Waals surface area contributed by atoms with Crippen LogP contribution >= 0.6 is 0 Å². The van der Waals surface area contributed by atoms with Crippen LogP contribution in [0.25, 0.3) is 0 Å². The molecule has 6 amide bonds. The van der Waals surface area contributed by atoms with E-state index in [4.69, 9.17) is 9.47 Å². The van der Waals surface area contributed by atoms with Gasteiger partial charge in [0.1, 0.15) is 29.3 Å². The third-order valence-electron chi connectivity index (χ3n) is 8.94. The first-order valence-corrected chi connectivity index (χ1v) is 17.4. The van der Waals surface area contributed by atoms with Crippen LogP contribution in [-0.2, 0) is 35.2 Å². The molecular formula is C36H52N6O8. The summed E-state index contributed by atoms with van der Waals surface area (Å²) in [6.45, 7) is 5.55. The van der Waals surface area contributed by atoms with Gasteiger partial charge in [0.25, 0.3) is 0 Å². The van der Waals surface area contributed by atoms with Crippen LogP contribution in [0.15, 0.2) is 42.5 Å². The summed E-state index contributed by atoms with van der Waals surface area (Å²) >= 11 is 0. The van der Waals surface area contributed by atoms with Gasteiger partial charge in [0.2, 0.25) is 23.6 Å². The Morgan fingerprint density at radius 2 is 1.78 bits per heavy atom. The van der Waals surface area contributed by atoms with Gasteiger partial charge in [-0.1, -0.05) is 55.3 Å². The molecule has 2 fully saturated rings. The smallest absolute Gasteiger partial charge is 0.409 e. The number of nitrogens with zero attached hydrogens (tertiary/aromatic N) is 2. The van der Waals surface area contributed by atoms with Gasteiger partial charge in [-0.05, 0) is 52.0 Å². The summed E-state index contributed by atoms with van der Waals surface area (Å²) in [4.78, 5) is 82.2. The van der Waals surface area contributed by atoms with Crippen LogP contribution in [0.3, 0.4) is 0 Å². The first-order valence-electron chi connectivity index (χ1n) is 17.4. The molecule has 0 aromatic heterocycles. The molecule has 274 valence electrons. The van der Waals surface area contributed by atoms with E-state index < -0.39 is 59.2 Å². The number of carbonyl (C=O) groups excluding carboxylic acids is 6. The molecule has 1 aromatic rings. The monoisotopic (exact) mass is 696 g/mol. The molecule has 2 aliphatic heterocycles. The number of rotatable bonds is 8. The van der Waals surface area contributed by atoms with E-state index in [-0.39, 0.29) is 37.8 Å². The molecule has 14 nitrogen and oxygen atoms in total. The van der Waals surface area contributed by atoms with Gasteiger partial charge in [-0.3, -0.25) is 19.2 Å². The summed E-state index contributed by atoms with van der Waals surface area (Å²) in [7, 11) is 3.07. The average molecular weight is 697 g/mol. The number of alkyl carbamates (subject to hydrolysis) is 1. The second kappa shape index (κ2) is 16.9.